The van der Waals surface area contributed by atoms with Gasteiger partial charge in [-0.05, 0) is 17.7 Å². The minimum absolute atomic E-state index is 0.239. The molecule has 13 heavy (non-hydrogen) atoms. The fraction of sp³-hybridized carbons (Fsp3) is 0.100. The number of hydrogen-bond donors (Lipinski definition) is 1. The Morgan fingerprint density at radius 2 is 2.08 bits per heavy atom. The molecule has 0 aliphatic heterocycles. The lowest BCUT2D eigenvalue weighted by Crippen LogP contribution is -1.72. The lowest BCUT2D eigenvalue weighted by molar-refractivity contribution is 0.475. The number of carbonyl (C=O) groups excluding carboxylic acids is 1. The SMILES string of the molecule is O=C=NC/C=C\c1ccc(O)cc1. The van der Waals surface area contributed by atoms with Crippen LogP contribution in [-0.4, -0.2) is 17.7 Å². The summed E-state index contributed by atoms with van der Waals surface area (Å²) in [5.74, 6) is 0.239. The smallest absolute Gasteiger partial charge is 0.235 e. The molecule has 0 aliphatic rings. The first-order valence-electron chi connectivity index (χ1n) is 3.82. The number of benzene rings is 1. The molecule has 0 spiro atoms. The van der Waals surface area contributed by atoms with Gasteiger partial charge in [0.1, 0.15) is 5.75 Å². The first kappa shape index (κ1) is 9.23. The van der Waals surface area contributed by atoms with Crippen LogP contribution in [0.15, 0.2) is 35.3 Å². The second-order valence-corrected chi connectivity index (χ2v) is 2.43. The van der Waals surface area contributed by atoms with Crippen molar-refractivity contribution >= 4 is 12.2 Å². The van der Waals surface area contributed by atoms with E-state index < -0.39 is 0 Å². The van der Waals surface area contributed by atoms with Gasteiger partial charge in [0.15, 0.2) is 0 Å². The van der Waals surface area contributed by atoms with E-state index in [-0.39, 0.29) is 5.75 Å². The van der Waals surface area contributed by atoms with Crippen molar-refractivity contribution in [1.29, 1.82) is 0 Å². The van der Waals surface area contributed by atoms with Crippen molar-refractivity contribution in [3.05, 3.63) is 35.9 Å². The van der Waals surface area contributed by atoms with Gasteiger partial charge in [-0.3, -0.25) is 0 Å². The Hall–Kier alpha value is -1.86. The van der Waals surface area contributed by atoms with E-state index in [1.807, 2.05) is 6.08 Å². The van der Waals surface area contributed by atoms with Crippen molar-refractivity contribution in [2.45, 2.75) is 0 Å². The third-order valence-corrected chi connectivity index (χ3v) is 1.46. The molecule has 0 atom stereocenters. The molecule has 1 N–H and O–H groups in total. The van der Waals surface area contributed by atoms with Crippen LogP contribution in [0.3, 0.4) is 0 Å². The molecule has 0 bridgehead atoms. The molecule has 0 aromatic heterocycles. The van der Waals surface area contributed by atoms with Gasteiger partial charge >= 0.3 is 0 Å². The number of hydrogen-bond acceptors (Lipinski definition) is 3. The summed E-state index contributed by atoms with van der Waals surface area (Å²) in [6.07, 6.45) is 5.01. The highest BCUT2D eigenvalue weighted by Gasteiger charge is 1.86. The second kappa shape index (κ2) is 4.91. The Bertz CT molecular complexity index is 334. The zero-order chi connectivity index (χ0) is 9.52. The number of phenolic OH excluding ortho intramolecular Hbond substituents is 1. The third kappa shape index (κ3) is 3.36. The standard InChI is InChI=1S/C10H9NO2/c12-8-11-7-1-2-9-3-5-10(13)6-4-9/h1-6,13H,7H2/b2-1-. The van der Waals surface area contributed by atoms with E-state index in [2.05, 4.69) is 4.99 Å². The molecule has 0 aliphatic carbocycles. The summed E-state index contributed by atoms with van der Waals surface area (Å²) >= 11 is 0. The average Bonchev–Trinajstić information content (AvgIpc) is 2.15. The lowest BCUT2D eigenvalue weighted by atomic mass is 10.2. The van der Waals surface area contributed by atoms with Crippen molar-refractivity contribution in [3.63, 3.8) is 0 Å². The third-order valence-electron chi connectivity index (χ3n) is 1.46. The maximum atomic E-state index is 9.70. The van der Waals surface area contributed by atoms with Gasteiger partial charge in [0.25, 0.3) is 0 Å². The summed E-state index contributed by atoms with van der Waals surface area (Å²) in [5, 5.41) is 8.97. The highest BCUT2D eigenvalue weighted by molar-refractivity contribution is 5.50. The van der Waals surface area contributed by atoms with Gasteiger partial charge in [0, 0.05) is 0 Å². The molecule has 3 nitrogen and oxygen atoms in total. The van der Waals surface area contributed by atoms with E-state index in [0.29, 0.717) is 6.54 Å². The zero-order valence-electron chi connectivity index (χ0n) is 6.97. The fourth-order valence-corrected chi connectivity index (χ4v) is 0.864. The molecule has 0 fully saturated rings. The van der Waals surface area contributed by atoms with Crippen LogP contribution < -0.4 is 0 Å². The summed E-state index contributed by atoms with van der Waals surface area (Å²) < 4.78 is 0. The van der Waals surface area contributed by atoms with Gasteiger partial charge in [-0.1, -0.05) is 24.3 Å². The predicted octanol–water partition coefficient (Wildman–Crippen LogP) is 1.74. The number of nitrogens with zero attached hydrogens (tertiary/aromatic N) is 1. The van der Waals surface area contributed by atoms with Crippen LogP contribution in [0.25, 0.3) is 6.08 Å². The zero-order valence-corrected chi connectivity index (χ0v) is 6.97. The Morgan fingerprint density at radius 1 is 1.38 bits per heavy atom. The molecule has 0 unspecified atom stereocenters. The summed E-state index contributed by atoms with van der Waals surface area (Å²) in [7, 11) is 0. The van der Waals surface area contributed by atoms with Crippen LogP contribution in [0.4, 0.5) is 0 Å². The van der Waals surface area contributed by atoms with Crippen molar-refractivity contribution in [3.8, 4) is 5.75 Å². The first-order chi connectivity index (χ1) is 6.33. The fourth-order valence-electron chi connectivity index (χ4n) is 0.864. The van der Waals surface area contributed by atoms with Crippen LogP contribution in [0.1, 0.15) is 5.56 Å². The largest absolute Gasteiger partial charge is 0.508 e. The van der Waals surface area contributed by atoms with Crippen LogP contribution in [0, 0.1) is 0 Å². The molecule has 1 rings (SSSR count). The van der Waals surface area contributed by atoms with Crippen LogP contribution >= 0.6 is 0 Å². The van der Waals surface area contributed by atoms with Crippen molar-refractivity contribution < 1.29 is 9.90 Å². The summed E-state index contributed by atoms with van der Waals surface area (Å²) in [5.41, 5.74) is 0.957. The quantitative estimate of drug-likeness (QED) is 0.562. The summed E-state index contributed by atoms with van der Waals surface area (Å²) in [4.78, 5) is 13.1. The van der Waals surface area contributed by atoms with Crippen LogP contribution in [0.5, 0.6) is 5.75 Å². The molecule has 1 aromatic carbocycles. The van der Waals surface area contributed by atoms with Crippen LogP contribution in [0.2, 0.25) is 0 Å². The molecule has 0 saturated carbocycles. The maximum Gasteiger partial charge on any atom is 0.235 e. The Kier molecular flexibility index (Phi) is 3.48. The van der Waals surface area contributed by atoms with E-state index in [1.165, 1.54) is 6.08 Å². The number of aliphatic imine (C=N–C) groups is 1. The molecular formula is C10H9NO2. The lowest BCUT2D eigenvalue weighted by Gasteiger charge is -1.92. The molecule has 0 heterocycles. The molecule has 0 saturated heterocycles. The van der Waals surface area contributed by atoms with Crippen molar-refractivity contribution in [2.24, 2.45) is 4.99 Å². The van der Waals surface area contributed by atoms with Crippen molar-refractivity contribution in [2.75, 3.05) is 6.54 Å². The Labute approximate surface area is 76.1 Å². The topological polar surface area (TPSA) is 49.7 Å². The highest BCUT2D eigenvalue weighted by atomic mass is 16.3. The minimum atomic E-state index is 0.239. The predicted molar refractivity (Wildman–Crippen MR) is 50.1 cm³/mol. The van der Waals surface area contributed by atoms with Gasteiger partial charge < -0.3 is 5.11 Å². The van der Waals surface area contributed by atoms with Gasteiger partial charge in [-0.15, -0.1) is 0 Å². The van der Waals surface area contributed by atoms with E-state index in [4.69, 9.17) is 5.11 Å². The summed E-state index contributed by atoms with van der Waals surface area (Å²) in [6, 6.07) is 6.75. The Morgan fingerprint density at radius 3 is 2.69 bits per heavy atom. The highest BCUT2D eigenvalue weighted by Crippen LogP contribution is 2.10. The van der Waals surface area contributed by atoms with Gasteiger partial charge in [0.05, 0.1) is 6.54 Å². The van der Waals surface area contributed by atoms with E-state index in [1.54, 1.807) is 30.3 Å². The number of rotatable bonds is 3. The van der Waals surface area contributed by atoms with E-state index in [0.717, 1.165) is 5.56 Å². The van der Waals surface area contributed by atoms with Gasteiger partial charge in [-0.25, -0.2) is 9.79 Å². The second-order valence-electron chi connectivity index (χ2n) is 2.43. The molecule has 66 valence electrons. The van der Waals surface area contributed by atoms with Gasteiger partial charge in [0.2, 0.25) is 6.08 Å². The van der Waals surface area contributed by atoms with E-state index in [9.17, 15) is 4.79 Å². The molecule has 0 radical (unpaired) electrons. The normalized spacial score (nSPS) is 9.85. The number of aromatic hydroxyl groups is 1. The van der Waals surface area contributed by atoms with Gasteiger partial charge in [-0.2, -0.15) is 0 Å². The summed E-state index contributed by atoms with van der Waals surface area (Å²) in [6.45, 7) is 0.338. The average molecular weight is 175 g/mol. The maximum absolute atomic E-state index is 9.70. The van der Waals surface area contributed by atoms with Crippen LogP contribution in [-0.2, 0) is 4.79 Å². The Balaban J connectivity index is 2.58. The molecular weight excluding hydrogens is 166 g/mol. The van der Waals surface area contributed by atoms with E-state index >= 15 is 0 Å². The molecule has 3 heteroatoms. The minimum Gasteiger partial charge on any atom is -0.508 e. The first-order valence-corrected chi connectivity index (χ1v) is 3.82. The van der Waals surface area contributed by atoms with Crippen molar-refractivity contribution in [1.82, 2.24) is 0 Å². The molecule has 1 aromatic rings. The molecule has 0 amide bonds. The monoisotopic (exact) mass is 175 g/mol. The number of phenols is 1. The number of isocyanates is 1.